The van der Waals surface area contributed by atoms with E-state index in [2.05, 4.69) is 17.3 Å². The number of anilines is 1. The summed E-state index contributed by atoms with van der Waals surface area (Å²) in [6.45, 7) is 2.27. The van der Waals surface area contributed by atoms with Crippen molar-refractivity contribution in [2.75, 3.05) is 5.32 Å². The minimum atomic E-state index is 0.689. The van der Waals surface area contributed by atoms with Crippen LogP contribution in [-0.4, -0.2) is 15.8 Å². The van der Waals surface area contributed by atoms with Crippen molar-refractivity contribution >= 4 is 5.69 Å². The van der Waals surface area contributed by atoms with E-state index in [0.717, 1.165) is 11.6 Å². The maximum absolute atomic E-state index is 4.13. The molecule has 2 unspecified atom stereocenters. The van der Waals surface area contributed by atoms with Gasteiger partial charge in [0.05, 0.1) is 11.9 Å². The Kier molecular flexibility index (Phi) is 2.25. The lowest BCUT2D eigenvalue weighted by atomic mass is 9.78. The Morgan fingerprint density at radius 2 is 2.46 bits per heavy atom. The summed E-state index contributed by atoms with van der Waals surface area (Å²) < 4.78 is 1.84. The number of aryl methyl sites for hydroxylation is 1. The second-order valence-electron chi connectivity index (χ2n) is 3.90. The molecule has 0 bridgehead atoms. The fourth-order valence-electron chi connectivity index (χ4n) is 1.96. The van der Waals surface area contributed by atoms with Gasteiger partial charge in [0.1, 0.15) is 0 Å². The number of hydrogen-bond donors (Lipinski definition) is 1. The van der Waals surface area contributed by atoms with Gasteiger partial charge >= 0.3 is 0 Å². The first kappa shape index (κ1) is 8.60. The third-order valence-electron chi connectivity index (χ3n) is 3.00. The molecule has 1 fully saturated rings. The Bertz CT molecular complexity index is 277. The van der Waals surface area contributed by atoms with Gasteiger partial charge in [-0.05, 0) is 18.8 Å². The molecule has 13 heavy (non-hydrogen) atoms. The number of rotatable bonds is 3. The third-order valence-corrected chi connectivity index (χ3v) is 3.00. The molecule has 0 saturated heterocycles. The third kappa shape index (κ3) is 1.69. The molecule has 1 aromatic heterocycles. The summed E-state index contributed by atoms with van der Waals surface area (Å²) in [6.07, 6.45) is 7.91. The highest BCUT2D eigenvalue weighted by Crippen LogP contribution is 2.32. The molecule has 3 nitrogen and oxygen atoms in total. The average Bonchev–Trinajstić information content (AvgIpc) is 2.46. The first-order valence-corrected chi connectivity index (χ1v) is 5.04. The molecule has 3 heteroatoms. The maximum Gasteiger partial charge on any atom is 0.0728 e. The van der Waals surface area contributed by atoms with E-state index in [0.29, 0.717) is 6.04 Å². The molecule has 0 radical (unpaired) electrons. The fourth-order valence-corrected chi connectivity index (χ4v) is 1.96. The quantitative estimate of drug-likeness (QED) is 0.769. The van der Waals surface area contributed by atoms with Crippen LogP contribution in [-0.2, 0) is 7.05 Å². The Labute approximate surface area is 79.1 Å². The van der Waals surface area contributed by atoms with Crippen LogP contribution in [0.3, 0.4) is 0 Å². The van der Waals surface area contributed by atoms with Crippen LogP contribution in [0.25, 0.3) is 0 Å². The standard InChI is InChI=1S/C10H17N3/c1-3-8-4-5-10(8)12-9-6-11-13(2)7-9/h6-8,10,12H,3-5H2,1-2H3. The van der Waals surface area contributed by atoms with Gasteiger partial charge in [0, 0.05) is 19.3 Å². The molecule has 1 N–H and O–H groups in total. The van der Waals surface area contributed by atoms with Crippen LogP contribution < -0.4 is 5.32 Å². The van der Waals surface area contributed by atoms with Gasteiger partial charge in [0.25, 0.3) is 0 Å². The first-order valence-electron chi connectivity index (χ1n) is 5.04. The topological polar surface area (TPSA) is 29.9 Å². The summed E-state index contributed by atoms with van der Waals surface area (Å²) in [6, 6.07) is 0.689. The molecular formula is C10H17N3. The van der Waals surface area contributed by atoms with Gasteiger partial charge in [-0.3, -0.25) is 4.68 Å². The SMILES string of the molecule is CCC1CCC1Nc1cnn(C)c1. The predicted octanol–water partition coefficient (Wildman–Crippen LogP) is 2.02. The molecular weight excluding hydrogens is 162 g/mol. The highest BCUT2D eigenvalue weighted by Gasteiger charge is 2.28. The van der Waals surface area contributed by atoms with Crippen LogP contribution in [0.1, 0.15) is 26.2 Å². The summed E-state index contributed by atoms with van der Waals surface area (Å²) in [5.41, 5.74) is 1.16. The number of aromatic nitrogens is 2. The molecule has 1 saturated carbocycles. The molecule has 1 heterocycles. The molecule has 2 rings (SSSR count). The van der Waals surface area contributed by atoms with E-state index in [1.807, 2.05) is 24.1 Å². The van der Waals surface area contributed by atoms with E-state index >= 15 is 0 Å². The second kappa shape index (κ2) is 3.40. The Balaban J connectivity index is 1.91. The lowest BCUT2D eigenvalue weighted by Gasteiger charge is -2.36. The lowest BCUT2D eigenvalue weighted by Crippen LogP contribution is -2.37. The van der Waals surface area contributed by atoms with Crippen LogP contribution in [0, 0.1) is 5.92 Å². The number of nitrogens with one attached hydrogen (secondary N) is 1. The molecule has 0 spiro atoms. The Morgan fingerprint density at radius 1 is 1.62 bits per heavy atom. The van der Waals surface area contributed by atoms with Gasteiger partial charge in [0.2, 0.25) is 0 Å². The van der Waals surface area contributed by atoms with E-state index < -0.39 is 0 Å². The summed E-state index contributed by atoms with van der Waals surface area (Å²) in [5.74, 6) is 0.875. The van der Waals surface area contributed by atoms with E-state index in [1.54, 1.807) is 0 Å². The van der Waals surface area contributed by atoms with E-state index in [9.17, 15) is 0 Å². The molecule has 72 valence electrons. The van der Waals surface area contributed by atoms with Gasteiger partial charge in [-0.1, -0.05) is 13.3 Å². The van der Waals surface area contributed by atoms with Crippen molar-refractivity contribution in [3.05, 3.63) is 12.4 Å². The Hall–Kier alpha value is -0.990. The van der Waals surface area contributed by atoms with Gasteiger partial charge in [-0.15, -0.1) is 0 Å². The smallest absolute Gasteiger partial charge is 0.0728 e. The van der Waals surface area contributed by atoms with Gasteiger partial charge in [-0.25, -0.2) is 0 Å². The zero-order chi connectivity index (χ0) is 9.26. The van der Waals surface area contributed by atoms with Gasteiger partial charge < -0.3 is 5.32 Å². The van der Waals surface area contributed by atoms with Crippen molar-refractivity contribution in [2.45, 2.75) is 32.2 Å². The van der Waals surface area contributed by atoms with Gasteiger partial charge in [0.15, 0.2) is 0 Å². The number of hydrogen-bond acceptors (Lipinski definition) is 2. The minimum Gasteiger partial charge on any atom is -0.379 e. The monoisotopic (exact) mass is 179 g/mol. The molecule has 2 atom stereocenters. The second-order valence-corrected chi connectivity index (χ2v) is 3.90. The summed E-state index contributed by atoms with van der Waals surface area (Å²) >= 11 is 0. The van der Waals surface area contributed by atoms with Crippen LogP contribution in [0.15, 0.2) is 12.4 Å². The molecule has 1 aromatic rings. The molecule has 1 aliphatic rings. The summed E-state index contributed by atoms with van der Waals surface area (Å²) in [5, 5.41) is 7.65. The first-order chi connectivity index (χ1) is 6.29. The summed E-state index contributed by atoms with van der Waals surface area (Å²) in [7, 11) is 1.95. The van der Waals surface area contributed by atoms with Crippen molar-refractivity contribution in [1.82, 2.24) is 9.78 Å². The molecule has 0 aromatic carbocycles. The van der Waals surface area contributed by atoms with Crippen molar-refractivity contribution in [3.8, 4) is 0 Å². The van der Waals surface area contributed by atoms with Crippen molar-refractivity contribution < 1.29 is 0 Å². The number of nitrogens with zero attached hydrogens (tertiary/aromatic N) is 2. The lowest BCUT2D eigenvalue weighted by molar-refractivity contribution is 0.269. The van der Waals surface area contributed by atoms with Crippen LogP contribution in [0.2, 0.25) is 0 Å². The van der Waals surface area contributed by atoms with Crippen LogP contribution in [0.4, 0.5) is 5.69 Å². The van der Waals surface area contributed by atoms with Crippen molar-refractivity contribution in [2.24, 2.45) is 13.0 Å². The van der Waals surface area contributed by atoms with Crippen molar-refractivity contribution in [3.63, 3.8) is 0 Å². The zero-order valence-electron chi connectivity index (χ0n) is 8.33. The fraction of sp³-hybridized carbons (Fsp3) is 0.700. The Morgan fingerprint density at radius 3 is 2.92 bits per heavy atom. The summed E-state index contributed by atoms with van der Waals surface area (Å²) in [4.78, 5) is 0. The largest absolute Gasteiger partial charge is 0.379 e. The molecule has 1 aliphatic carbocycles. The van der Waals surface area contributed by atoms with Crippen LogP contribution in [0.5, 0.6) is 0 Å². The predicted molar refractivity (Wildman–Crippen MR) is 53.6 cm³/mol. The normalized spacial score (nSPS) is 26.9. The van der Waals surface area contributed by atoms with E-state index in [-0.39, 0.29) is 0 Å². The highest BCUT2D eigenvalue weighted by atomic mass is 15.3. The zero-order valence-corrected chi connectivity index (χ0v) is 8.33. The maximum atomic E-state index is 4.13. The highest BCUT2D eigenvalue weighted by molar-refractivity contribution is 5.40. The minimum absolute atomic E-state index is 0.689. The molecule has 0 amide bonds. The average molecular weight is 179 g/mol. The molecule has 0 aliphatic heterocycles. The van der Waals surface area contributed by atoms with Crippen LogP contribution >= 0.6 is 0 Å². The van der Waals surface area contributed by atoms with E-state index in [1.165, 1.54) is 19.3 Å². The van der Waals surface area contributed by atoms with E-state index in [4.69, 9.17) is 0 Å². The van der Waals surface area contributed by atoms with Gasteiger partial charge in [-0.2, -0.15) is 5.10 Å². The van der Waals surface area contributed by atoms with Crippen molar-refractivity contribution in [1.29, 1.82) is 0 Å².